The van der Waals surface area contributed by atoms with Gasteiger partial charge in [0.2, 0.25) is 5.91 Å². The van der Waals surface area contributed by atoms with Gasteiger partial charge in [-0.15, -0.1) is 0 Å². The standard InChI is InChI=1S/C19H22ClN3O3/c20-16-6-4-14(5-7-16)15-3-1-2-10-23(13-15)18(25)9-12-22-11-8-17(24)21-19(22)26/h4-8,11,15H,1-3,9-10,12-13H2,(H,21,24,26). The van der Waals surface area contributed by atoms with Gasteiger partial charge in [0.25, 0.3) is 5.56 Å². The summed E-state index contributed by atoms with van der Waals surface area (Å²) in [5.74, 6) is 0.332. The molecule has 1 saturated heterocycles. The fraction of sp³-hybridized carbons (Fsp3) is 0.421. The second-order valence-electron chi connectivity index (χ2n) is 6.64. The summed E-state index contributed by atoms with van der Waals surface area (Å²) in [6.07, 6.45) is 4.77. The first-order valence-corrected chi connectivity index (χ1v) is 9.24. The van der Waals surface area contributed by atoms with Crippen molar-refractivity contribution in [2.45, 2.75) is 38.1 Å². The Morgan fingerprint density at radius 3 is 2.65 bits per heavy atom. The van der Waals surface area contributed by atoms with Gasteiger partial charge in [-0.25, -0.2) is 4.79 Å². The van der Waals surface area contributed by atoms with Crippen LogP contribution in [-0.2, 0) is 11.3 Å². The Kier molecular flexibility index (Phi) is 5.93. The Morgan fingerprint density at radius 2 is 1.92 bits per heavy atom. The number of benzene rings is 1. The minimum absolute atomic E-state index is 0.0314. The van der Waals surface area contributed by atoms with Gasteiger partial charge in [-0.1, -0.05) is 30.2 Å². The number of amides is 1. The summed E-state index contributed by atoms with van der Waals surface area (Å²) in [5.41, 5.74) is 0.280. The number of rotatable bonds is 4. The summed E-state index contributed by atoms with van der Waals surface area (Å²) in [4.78, 5) is 39.6. The normalized spacial score (nSPS) is 17.7. The maximum Gasteiger partial charge on any atom is 0.328 e. The molecule has 1 amide bonds. The molecule has 138 valence electrons. The van der Waals surface area contributed by atoms with E-state index in [9.17, 15) is 14.4 Å². The molecule has 2 heterocycles. The number of aryl methyl sites for hydroxylation is 1. The van der Waals surface area contributed by atoms with Gasteiger partial charge in [-0.05, 0) is 30.5 Å². The number of carbonyl (C=O) groups excluding carboxylic acids is 1. The summed E-state index contributed by atoms with van der Waals surface area (Å²) >= 11 is 5.97. The van der Waals surface area contributed by atoms with Gasteiger partial charge in [0.15, 0.2) is 0 Å². The highest BCUT2D eigenvalue weighted by molar-refractivity contribution is 6.30. The number of hydrogen-bond donors (Lipinski definition) is 1. The topological polar surface area (TPSA) is 75.2 Å². The zero-order chi connectivity index (χ0) is 18.5. The second-order valence-corrected chi connectivity index (χ2v) is 7.07. The van der Waals surface area contributed by atoms with E-state index in [2.05, 4.69) is 4.98 Å². The number of nitrogens with zero attached hydrogens (tertiary/aromatic N) is 2. The zero-order valence-electron chi connectivity index (χ0n) is 14.5. The van der Waals surface area contributed by atoms with Crippen molar-refractivity contribution in [1.29, 1.82) is 0 Å². The van der Waals surface area contributed by atoms with Crippen LogP contribution in [0.15, 0.2) is 46.1 Å². The lowest BCUT2D eigenvalue weighted by atomic mass is 9.94. The zero-order valence-corrected chi connectivity index (χ0v) is 15.2. The fourth-order valence-corrected chi connectivity index (χ4v) is 3.50. The van der Waals surface area contributed by atoms with Crippen LogP contribution in [0.25, 0.3) is 0 Å². The Bertz CT molecular complexity index is 873. The number of hydrogen-bond acceptors (Lipinski definition) is 3. The summed E-state index contributed by atoms with van der Waals surface area (Å²) < 4.78 is 1.35. The van der Waals surface area contributed by atoms with E-state index in [-0.39, 0.29) is 18.9 Å². The van der Waals surface area contributed by atoms with Crippen LogP contribution in [0.2, 0.25) is 5.02 Å². The molecule has 1 aliphatic heterocycles. The number of nitrogens with one attached hydrogen (secondary N) is 1. The van der Waals surface area contributed by atoms with Crippen molar-refractivity contribution in [3.8, 4) is 0 Å². The van der Waals surface area contributed by atoms with E-state index in [0.29, 0.717) is 17.5 Å². The highest BCUT2D eigenvalue weighted by atomic mass is 35.5. The van der Waals surface area contributed by atoms with Crippen molar-refractivity contribution >= 4 is 17.5 Å². The molecule has 7 heteroatoms. The van der Waals surface area contributed by atoms with E-state index >= 15 is 0 Å². The molecule has 1 aliphatic rings. The summed E-state index contributed by atoms with van der Waals surface area (Å²) in [6, 6.07) is 9.11. The first-order chi connectivity index (χ1) is 12.5. The first kappa shape index (κ1) is 18.5. The molecule has 0 saturated carbocycles. The molecule has 0 bridgehead atoms. The maximum absolute atomic E-state index is 12.7. The lowest BCUT2D eigenvalue weighted by molar-refractivity contribution is -0.131. The smallest absolute Gasteiger partial charge is 0.328 e. The van der Waals surface area contributed by atoms with Crippen LogP contribution in [0, 0.1) is 0 Å². The quantitative estimate of drug-likeness (QED) is 0.891. The molecular weight excluding hydrogens is 354 g/mol. The molecule has 1 atom stereocenters. The summed E-state index contributed by atoms with van der Waals surface area (Å²) in [5, 5.41) is 0.710. The summed E-state index contributed by atoms with van der Waals surface area (Å²) in [7, 11) is 0. The molecule has 1 N–H and O–H groups in total. The molecule has 3 rings (SSSR count). The highest BCUT2D eigenvalue weighted by Gasteiger charge is 2.23. The molecule has 26 heavy (non-hydrogen) atoms. The van der Waals surface area contributed by atoms with Crippen LogP contribution in [0.1, 0.15) is 37.2 Å². The fourth-order valence-electron chi connectivity index (χ4n) is 3.37. The van der Waals surface area contributed by atoms with E-state index in [0.717, 1.165) is 25.8 Å². The third-order valence-corrected chi connectivity index (χ3v) is 5.08. The van der Waals surface area contributed by atoms with E-state index < -0.39 is 11.2 Å². The van der Waals surface area contributed by atoms with Crippen molar-refractivity contribution in [2.24, 2.45) is 0 Å². The Morgan fingerprint density at radius 1 is 1.15 bits per heavy atom. The highest BCUT2D eigenvalue weighted by Crippen LogP contribution is 2.27. The largest absolute Gasteiger partial charge is 0.342 e. The van der Waals surface area contributed by atoms with E-state index in [1.54, 1.807) is 0 Å². The van der Waals surface area contributed by atoms with Gasteiger partial charge in [-0.3, -0.25) is 14.6 Å². The lowest BCUT2D eigenvalue weighted by Gasteiger charge is -2.25. The predicted molar refractivity (Wildman–Crippen MR) is 101 cm³/mol. The van der Waals surface area contributed by atoms with Gasteiger partial charge < -0.3 is 9.47 Å². The third-order valence-electron chi connectivity index (χ3n) is 4.83. The molecule has 1 fully saturated rings. The van der Waals surface area contributed by atoms with Crippen molar-refractivity contribution in [1.82, 2.24) is 14.5 Å². The molecule has 1 unspecified atom stereocenters. The van der Waals surface area contributed by atoms with Crippen LogP contribution >= 0.6 is 11.6 Å². The maximum atomic E-state index is 12.7. The van der Waals surface area contributed by atoms with E-state index in [1.807, 2.05) is 29.2 Å². The minimum atomic E-state index is -0.486. The monoisotopic (exact) mass is 375 g/mol. The van der Waals surface area contributed by atoms with Crippen LogP contribution in [0.5, 0.6) is 0 Å². The summed E-state index contributed by atoms with van der Waals surface area (Å²) in [6.45, 7) is 1.68. The molecule has 0 spiro atoms. The van der Waals surface area contributed by atoms with Crippen molar-refractivity contribution in [3.63, 3.8) is 0 Å². The van der Waals surface area contributed by atoms with Gasteiger partial charge in [-0.2, -0.15) is 0 Å². The number of likely N-dealkylation sites (tertiary alicyclic amines) is 1. The molecule has 0 aliphatic carbocycles. The Labute approximate surface area is 156 Å². The van der Waals surface area contributed by atoms with Gasteiger partial charge in [0.05, 0.1) is 0 Å². The number of carbonyl (C=O) groups is 1. The number of aromatic nitrogens is 2. The molecule has 1 aromatic carbocycles. The average Bonchev–Trinajstić information content (AvgIpc) is 2.88. The molecule has 2 aromatic rings. The van der Waals surface area contributed by atoms with E-state index in [4.69, 9.17) is 11.6 Å². The third kappa shape index (κ3) is 4.64. The number of aromatic amines is 1. The molecule has 6 nitrogen and oxygen atoms in total. The number of halogens is 1. The average molecular weight is 376 g/mol. The Balaban J connectivity index is 1.64. The van der Waals surface area contributed by atoms with Crippen molar-refractivity contribution in [2.75, 3.05) is 13.1 Å². The van der Waals surface area contributed by atoms with Crippen LogP contribution in [-0.4, -0.2) is 33.4 Å². The van der Waals surface area contributed by atoms with Gasteiger partial charge in [0, 0.05) is 49.3 Å². The van der Waals surface area contributed by atoms with Crippen LogP contribution in [0.3, 0.4) is 0 Å². The molecular formula is C19H22ClN3O3. The van der Waals surface area contributed by atoms with Gasteiger partial charge in [0.1, 0.15) is 0 Å². The Hall–Kier alpha value is -2.34. The first-order valence-electron chi connectivity index (χ1n) is 8.86. The number of H-pyrrole nitrogens is 1. The van der Waals surface area contributed by atoms with Crippen molar-refractivity contribution < 1.29 is 4.79 Å². The van der Waals surface area contributed by atoms with Crippen molar-refractivity contribution in [3.05, 3.63) is 68.0 Å². The predicted octanol–water partition coefficient (Wildman–Crippen LogP) is 2.38. The van der Waals surface area contributed by atoms with Gasteiger partial charge >= 0.3 is 5.69 Å². The van der Waals surface area contributed by atoms with Crippen LogP contribution < -0.4 is 11.2 Å². The SMILES string of the molecule is O=C(CCn1ccc(=O)[nH]c1=O)N1CCCCC(c2ccc(Cl)cc2)C1. The minimum Gasteiger partial charge on any atom is -0.342 e. The van der Waals surface area contributed by atoms with E-state index in [1.165, 1.54) is 22.4 Å². The molecule has 1 aromatic heterocycles. The van der Waals surface area contributed by atoms with Crippen LogP contribution in [0.4, 0.5) is 0 Å². The lowest BCUT2D eigenvalue weighted by Crippen LogP contribution is -2.36. The second kappa shape index (κ2) is 8.36. The molecule has 0 radical (unpaired) electrons.